The van der Waals surface area contributed by atoms with Crippen LogP contribution in [-0.2, 0) is 19.1 Å². The minimum atomic E-state index is -0.850. The highest BCUT2D eigenvalue weighted by Gasteiger charge is 2.45. The number of carbonyl (C=O) groups is 2. The zero-order valence-electron chi connectivity index (χ0n) is 11.4. The molecule has 0 aromatic carbocycles. The molecule has 19 heavy (non-hydrogen) atoms. The number of carboxylic acid groups (broad SMARTS) is 1. The van der Waals surface area contributed by atoms with E-state index in [0.717, 1.165) is 12.8 Å². The number of ether oxygens (including phenoxy) is 2. The maximum absolute atomic E-state index is 11.7. The quantitative estimate of drug-likeness (QED) is 0.575. The van der Waals surface area contributed by atoms with Crippen molar-refractivity contribution in [1.29, 1.82) is 0 Å². The molecule has 0 aromatic rings. The highest BCUT2D eigenvalue weighted by Crippen LogP contribution is 2.44. The van der Waals surface area contributed by atoms with Crippen LogP contribution in [0.1, 0.15) is 32.1 Å². The summed E-state index contributed by atoms with van der Waals surface area (Å²) in [5.41, 5.74) is -0.806. The smallest absolute Gasteiger partial charge is 0.310 e. The maximum atomic E-state index is 11.7. The molecule has 1 aliphatic rings. The Balaban J connectivity index is 2.06. The third-order valence-corrected chi connectivity index (χ3v) is 3.48. The SMILES string of the molecule is COCCOCCCNC(=O)CC1(C(=O)O)CCC1. The molecule has 1 amide bonds. The Labute approximate surface area is 113 Å². The number of aliphatic carboxylic acids is 1. The first kappa shape index (κ1) is 15.9. The van der Waals surface area contributed by atoms with Crippen molar-refractivity contribution in [2.24, 2.45) is 5.41 Å². The van der Waals surface area contributed by atoms with Crippen molar-refractivity contribution in [2.75, 3.05) is 33.5 Å². The molecule has 0 atom stereocenters. The molecular weight excluding hydrogens is 250 g/mol. The van der Waals surface area contributed by atoms with Gasteiger partial charge in [-0.3, -0.25) is 9.59 Å². The summed E-state index contributed by atoms with van der Waals surface area (Å²) in [7, 11) is 1.61. The normalized spacial score (nSPS) is 16.7. The molecule has 6 heteroatoms. The van der Waals surface area contributed by atoms with E-state index in [0.29, 0.717) is 39.2 Å². The van der Waals surface area contributed by atoms with Gasteiger partial charge in [-0.1, -0.05) is 6.42 Å². The number of hydrogen-bond acceptors (Lipinski definition) is 4. The monoisotopic (exact) mass is 273 g/mol. The van der Waals surface area contributed by atoms with Crippen molar-refractivity contribution in [1.82, 2.24) is 5.32 Å². The summed E-state index contributed by atoms with van der Waals surface area (Å²) in [5, 5.41) is 11.9. The molecule has 0 bridgehead atoms. The Morgan fingerprint density at radius 2 is 2.00 bits per heavy atom. The molecule has 0 spiro atoms. The van der Waals surface area contributed by atoms with Gasteiger partial charge >= 0.3 is 5.97 Å². The lowest BCUT2D eigenvalue weighted by Crippen LogP contribution is -2.42. The van der Waals surface area contributed by atoms with Crippen LogP contribution in [-0.4, -0.2) is 50.5 Å². The average molecular weight is 273 g/mol. The predicted octanol–water partition coefficient (Wildman–Crippen LogP) is 0.801. The molecule has 0 radical (unpaired) electrons. The molecule has 1 saturated carbocycles. The van der Waals surface area contributed by atoms with E-state index in [1.165, 1.54) is 0 Å². The van der Waals surface area contributed by atoms with Crippen LogP contribution in [0.25, 0.3) is 0 Å². The fraction of sp³-hybridized carbons (Fsp3) is 0.846. The van der Waals surface area contributed by atoms with Gasteiger partial charge in [0.15, 0.2) is 0 Å². The van der Waals surface area contributed by atoms with E-state index in [2.05, 4.69) is 5.32 Å². The largest absolute Gasteiger partial charge is 0.481 e. The lowest BCUT2D eigenvalue weighted by atomic mass is 9.66. The Morgan fingerprint density at radius 3 is 2.53 bits per heavy atom. The molecule has 0 heterocycles. The van der Waals surface area contributed by atoms with Gasteiger partial charge in [0.1, 0.15) is 0 Å². The molecule has 2 N–H and O–H groups in total. The highest BCUT2D eigenvalue weighted by atomic mass is 16.5. The Bertz CT molecular complexity index is 301. The van der Waals surface area contributed by atoms with E-state index in [9.17, 15) is 9.59 Å². The molecule has 0 aliphatic heterocycles. The van der Waals surface area contributed by atoms with Crippen molar-refractivity contribution >= 4 is 11.9 Å². The fourth-order valence-electron chi connectivity index (χ4n) is 2.09. The van der Waals surface area contributed by atoms with Crippen LogP contribution < -0.4 is 5.32 Å². The van der Waals surface area contributed by atoms with Gasteiger partial charge in [-0.05, 0) is 19.3 Å². The van der Waals surface area contributed by atoms with E-state index >= 15 is 0 Å². The summed E-state index contributed by atoms with van der Waals surface area (Å²) in [6.45, 7) is 2.19. The van der Waals surface area contributed by atoms with Gasteiger partial charge in [0.25, 0.3) is 0 Å². The van der Waals surface area contributed by atoms with Crippen LogP contribution in [0.3, 0.4) is 0 Å². The molecule has 6 nitrogen and oxygen atoms in total. The molecular formula is C13H23NO5. The van der Waals surface area contributed by atoms with Crippen molar-refractivity contribution < 1.29 is 24.2 Å². The summed E-state index contributed by atoms with van der Waals surface area (Å²) in [6, 6.07) is 0. The second-order valence-corrected chi connectivity index (χ2v) is 4.92. The van der Waals surface area contributed by atoms with Gasteiger partial charge in [0.2, 0.25) is 5.91 Å². The van der Waals surface area contributed by atoms with Crippen molar-refractivity contribution in [3.05, 3.63) is 0 Å². The zero-order chi connectivity index (χ0) is 14.1. The second kappa shape index (κ2) is 8.12. The number of carboxylic acids is 1. The topological polar surface area (TPSA) is 84.9 Å². The van der Waals surface area contributed by atoms with E-state index in [1.807, 2.05) is 0 Å². The van der Waals surface area contributed by atoms with Crippen LogP contribution in [0.4, 0.5) is 0 Å². The zero-order valence-corrected chi connectivity index (χ0v) is 11.4. The Hall–Kier alpha value is -1.14. The van der Waals surface area contributed by atoms with Crippen LogP contribution >= 0.6 is 0 Å². The van der Waals surface area contributed by atoms with Crippen molar-refractivity contribution in [2.45, 2.75) is 32.1 Å². The average Bonchev–Trinajstić information content (AvgIpc) is 2.32. The summed E-state index contributed by atoms with van der Waals surface area (Å²) in [4.78, 5) is 22.8. The van der Waals surface area contributed by atoms with Crippen LogP contribution in [0, 0.1) is 5.41 Å². The van der Waals surface area contributed by atoms with Gasteiger partial charge in [-0.2, -0.15) is 0 Å². The van der Waals surface area contributed by atoms with E-state index < -0.39 is 11.4 Å². The highest BCUT2D eigenvalue weighted by molar-refractivity contribution is 5.85. The molecule has 1 fully saturated rings. The molecule has 0 aromatic heterocycles. The maximum Gasteiger partial charge on any atom is 0.310 e. The summed E-state index contributed by atoms with van der Waals surface area (Å²) >= 11 is 0. The van der Waals surface area contributed by atoms with Gasteiger partial charge in [-0.25, -0.2) is 0 Å². The van der Waals surface area contributed by atoms with Crippen LogP contribution in [0.15, 0.2) is 0 Å². The van der Waals surface area contributed by atoms with Crippen molar-refractivity contribution in [3.63, 3.8) is 0 Å². The number of nitrogens with one attached hydrogen (secondary N) is 1. The molecule has 0 unspecified atom stereocenters. The van der Waals surface area contributed by atoms with Crippen LogP contribution in [0.2, 0.25) is 0 Å². The summed E-state index contributed by atoms with van der Waals surface area (Å²) in [6.07, 6.45) is 2.92. The number of hydrogen-bond donors (Lipinski definition) is 2. The van der Waals surface area contributed by atoms with E-state index in [4.69, 9.17) is 14.6 Å². The van der Waals surface area contributed by atoms with E-state index in [-0.39, 0.29) is 12.3 Å². The first-order valence-corrected chi connectivity index (χ1v) is 6.67. The standard InChI is InChI=1S/C13H23NO5/c1-18-8-9-19-7-3-6-14-11(15)10-13(12(16)17)4-2-5-13/h2-10H2,1H3,(H,14,15)(H,16,17). The summed E-state index contributed by atoms with van der Waals surface area (Å²) in [5.74, 6) is -1.03. The number of rotatable bonds is 10. The Kier molecular flexibility index (Phi) is 6.80. The molecule has 1 aliphatic carbocycles. The van der Waals surface area contributed by atoms with Gasteiger partial charge in [-0.15, -0.1) is 0 Å². The molecule has 0 saturated heterocycles. The lowest BCUT2D eigenvalue weighted by molar-refractivity contribution is -0.157. The second-order valence-electron chi connectivity index (χ2n) is 4.92. The fourth-order valence-corrected chi connectivity index (χ4v) is 2.09. The molecule has 1 rings (SSSR count). The van der Waals surface area contributed by atoms with Crippen LogP contribution in [0.5, 0.6) is 0 Å². The van der Waals surface area contributed by atoms with Crippen molar-refractivity contribution in [3.8, 4) is 0 Å². The Morgan fingerprint density at radius 1 is 1.26 bits per heavy atom. The van der Waals surface area contributed by atoms with E-state index in [1.54, 1.807) is 7.11 Å². The number of methoxy groups -OCH3 is 1. The van der Waals surface area contributed by atoms with Gasteiger partial charge in [0, 0.05) is 26.7 Å². The third-order valence-electron chi connectivity index (χ3n) is 3.48. The minimum Gasteiger partial charge on any atom is -0.481 e. The summed E-state index contributed by atoms with van der Waals surface area (Å²) < 4.78 is 10.1. The van der Waals surface area contributed by atoms with Gasteiger partial charge < -0.3 is 19.9 Å². The predicted molar refractivity (Wildman–Crippen MR) is 68.9 cm³/mol. The van der Waals surface area contributed by atoms with Gasteiger partial charge in [0.05, 0.1) is 18.6 Å². The number of carbonyl (C=O) groups excluding carboxylic acids is 1. The third kappa shape index (κ3) is 5.16. The lowest BCUT2D eigenvalue weighted by Gasteiger charge is -2.36. The molecule has 110 valence electrons. The number of amides is 1. The minimum absolute atomic E-state index is 0.0901. The first-order valence-electron chi connectivity index (χ1n) is 6.67. The first-order chi connectivity index (χ1) is 9.10.